The zero-order chi connectivity index (χ0) is 14.0. The van der Waals surface area contributed by atoms with Crippen LogP contribution in [-0.4, -0.2) is 10.8 Å². The topological polar surface area (TPSA) is 72.0 Å². The van der Waals surface area contributed by atoms with E-state index < -0.39 is 0 Å². The molecule has 0 atom stereocenters. The molecule has 0 radical (unpaired) electrons. The lowest BCUT2D eigenvalue weighted by molar-refractivity contribution is 0.458. The van der Waals surface area contributed by atoms with E-state index in [1.54, 1.807) is 24.3 Å². The average molecular weight is 276 g/mol. The number of rotatable bonds is 3. The Bertz CT molecular complexity index is 641. The van der Waals surface area contributed by atoms with E-state index in [9.17, 15) is 0 Å². The fourth-order valence-electron chi connectivity index (χ4n) is 1.69. The maximum atomic E-state index is 7.46. The summed E-state index contributed by atoms with van der Waals surface area (Å²) in [6.45, 7) is 3.73. The third-order valence-electron chi connectivity index (χ3n) is 2.59. The molecule has 0 saturated heterocycles. The second kappa shape index (κ2) is 5.28. The third-order valence-corrected chi connectivity index (χ3v) is 2.83. The first-order valence-electron chi connectivity index (χ1n) is 5.73. The Labute approximate surface area is 116 Å². The van der Waals surface area contributed by atoms with Crippen LogP contribution < -0.4 is 10.5 Å². The van der Waals surface area contributed by atoms with Gasteiger partial charge in [0.25, 0.3) is 0 Å². The van der Waals surface area contributed by atoms with Crippen molar-refractivity contribution in [2.45, 2.75) is 13.8 Å². The van der Waals surface area contributed by atoms with E-state index in [1.807, 2.05) is 19.9 Å². The summed E-state index contributed by atoms with van der Waals surface area (Å²) in [6, 6.07) is 8.74. The Hall–Kier alpha value is -2.07. The SMILES string of the molecule is Cc1cc(C(=N)N)cc(Oc2ccc(Cl)cc2C)n1. The lowest BCUT2D eigenvalue weighted by atomic mass is 10.2. The summed E-state index contributed by atoms with van der Waals surface area (Å²) < 4.78 is 5.71. The van der Waals surface area contributed by atoms with Crippen molar-refractivity contribution in [3.8, 4) is 11.6 Å². The van der Waals surface area contributed by atoms with Crippen molar-refractivity contribution in [3.63, 3.8) is 0 Å². The lowest BCUT2D eigenvalue weighted by Gasteiger charge is -2.10. The molecule has 1 heterocycles. The number of benzene rings is 1. The number of amidine groups is 1. The fraction of sp³-hybridized carbons (Fsp3) is 0.143. The quantitative estimate of drug-likeness (QED) is 0.666. The average Bonchev–Trinajstić information content (AvgIpc) is 2.32. The minimum Gasteiger partial charge on any atom is -0.439 e. The van der Waals surface area contributed by atoms with Gasteiger partial charge in [0.15, 0.2) is 0 Å². The smallest absolute Gasteiger partial charge is 0.220 e. The summed E-state index contributed by atoms with van der Waals surface area (Å²) in [4.78, 5) is 4.27. The third kappa shape index (κ3) is 3.23. The minimum absolute atomic E-state index is 0.0109. The number of halogens is 1. The Kier molecular flexibility index (Phi) is 3.71. The van der Waals surface area contributed by atoms with Crippen molar-refractivity contribution < 1.29 is 4.74 Å². The maximum Gasteiger partial charge on any atom is 0.220 e. The normalized spacial score (nSPS) is 10.3. The highest BCUT2D eigenvalue weighted by Crippen LogP contribution is 2.26. The standard InChI is InChI=1S/C14H14ClN3O/c1-8-5-11(15)3-4-12(8)19-13-7-10(14(16)17)6-9(2)18-13/h3-7H,1-2H3,(H3,16,17). The molecule has 0 aliphatic rings. The van der Waals surface area contributed by atoms with Gasteiger partial charge in [-0.15, -0.1) is 0 Å². The van der Waals surface area contributed by atoms with Crippen LogP contribution in [0, 0.1) is 19.3 Å². The van der Waals surface area contributed by atoms with Gasteiger partial charge < -0.3 is 10.5 Å². The van der Waals surface area contributed by atoms with Crippen LogP contribution in [0.3, 0.4) is 0 Å². The van der Waals surface area contributed by atoms with E-state index in [1.165, 1.54) is 0 Å². The van der Waals surface area contributed by atoms with Gasteiger partial charge in [-0.25, -0.2) is 4.98 Å². The fourth-order valence-corrected chi connectivity index (χ4v) is 1.91. The molecule has 19 heavy (non-hydrogen) atoms. The van der Waals surface area contributed by atoms with E-state index in [0.29, 0.717) is 22.2 Å². The molecule has 2 rings (SSSR count). The predicted molar refractivity (Wildman–Crippen MR) is 76.3 cm³/mol. The van der Waals surface area contributed by atoms with Gasteiger partial charge in [-0.3, -0.25) is 5.41 Å². The predicted octanol–water partition coefficient (Wildman–Crippen LogP) is 3.43. The van der Waals surface area contributed by atoms with Crippen LogP contribution in [0.25, 0.3) is 0 Å². The van der Waals surface area contributed by atoms with Crippen molar-refractivity contribution in [1.82, 2.24) is 4.98 Å². The van der Waals surface area contributed by atoms with Gasteiger partial charge in [-0.1, -0.05) is 11.6 Å². The molecule has 1 aromatic carbocycles. The van der Waals surface area contributed by atoms with E-state index in [-0.39, 0.29) is 5.84 Å². The molecule has 0 fully saturated rings. The van der Waals surface area contributed by atoms with Gasteiger partial charge in [0.2, 0.25) is 5.88 Å². The van der Waals surface area contributed by atoms with Crippen LogP contribution in [-0.2, 0) is 0 Å². The number of nitrogen functional groups attached to an aromatic ring is 1. The maximum absolute atomic E-state index is 7.46. The number of pyridine rings is 1. The molecule has 0 aliphatic carbocycles. The van der Waals surface area contributed by atoms with Crippen molar-refractivity contribution in [2.24, 2.45) is 5.73 Å². The number of nitrogens with two attached hydrogens (primary N) is 1. The summed E-state index contributed by atoms with van der Waals surface area (Å²) in [7, 11) is 0. The van der Waals surface area contributed by atoms with Crippen LogP contribution in [0.4, 0.5) is 0 Å². The van der Waals surface area contributed by atoms with E-state index in [0.717, 1.165) is 11.3 Å². The molecule has 3 N–H and O–H groups in total. The molecule has 2 aromatic rings. The van der Waals surface area contributed by atoms with Gasteiger partial charge in [0.1, 0.15) is 11.6 Å². The number of hydrogen-bond donors (Lipinski definition) is 2. The second-order valence-electron chi connectivity index (χ2n) is 4.26. The molecule has 4 nitrogen and oxygen atoms in total. The minimum atomic E-state index is -0.0109. The first-order valence-corrected chi connectivity index (χ1v) is 6.10. The highest BCUT2D eigenvalue weighted by molar-refractivity contribution is 6.30. The molecular weight excluding hydrogens is 262 g/mol. The molecule has 0 bridgehead atoms. The second-order valence-corrected chi connectivity index (χ2v) is 4.70. The molecule has 1 aromatic heterocycles. The van der Waals surface area contributed by atoms with Crippen molar-refractivity contribution in [2.75, 3.05) is 0 Å². The molecule has 98 valence electrons. The molecule has 0 aliphatic heterocycles. The number of nitrogens with zero attached hydrogens (tertiary/aromatic N) is 1. The summed E-state index contributed by atoms with van der Waals surface area (Å²) in [5.41, 5.74) is 7.73. The molecule has 0 amide bonds. The number of nitrogens with one attached hydrogen (secondary N) is 1. The zero-order valence-electron chi connectivity index (χ0n) is 10.7. The number of aromatic nitrogens is 1. The van der Waals surface area contributed by atoms with Gasteiger partial charge in [0.05, 0.1) is 0 Å². The molecule has 0 unspecified atom stereocenters. The zero-order valence-corrected chi connectivity index (χ0v) is 11.5. The summed E-state index contributed by atoms with van der Waals surface area (Å²) in [5.74, 6) is 1.08. The molecule has 5 heteroatoms. The van der Waals surface area contributed by atoms with E-state index in [2.05, 4.69) is 4.98 Å². The van der Waals surface area contributed by atoms with Crippen LogP contribution in [0.5, 0.6) is 11.6 Å². The molecule has 0 spiro atoms. The number of aryl methyl sites for hydroxylation is 2. The van der Waals surface area contributed by atoms with E-state index >= 15 is 0 Å². The molecule has 0 saturated carbocycles. The highest BCUT2D eigenvalue weighted by atomic mass is 35.5. The van der Waals surface area contributed by atoms with Gasteiger partial charge in [0, 0.05) is 22.3 Å². The van der Waals surface area contributed by atoms with Crippen molar-refractivity contribution >= 4 is 17.4 Å². The Balaban J connectivity index is 2.35. The Morgan fingerprint density at radius 1 is 1.26 bits per heavy atom. The first-order chi connectivity index (χ1) is 8.95. The van der Waals surface area contributed by atoms with E-state index in [4.69, 9.17) is 27.5 Å². The first kappa shape index (κ1) is 13.4. The number of ether oxygens (including phenoxy) is 1. The van der Waals surface area contributed by atoms with Gasteiger partial charge in [-0.2, -0.15) is 0 Å². The van der Waals surface area contributed by atoms with Crippen LogP contribution in [0.15, 0.2) is 30.3 Å². The van der Waals surface area contributed by atoms with Gasteiger partial charge >= 0.3 is 0 Å². The summed E-state index contributed by atoms with van der Waals surface area (Å²) >= 11 is 5.90. The van der Waals surface area contributed by atoms with Crippen LogP contribution in [0.1, 0.15) is 16.8 Å². The Morgan fingerprint density at radius 2 is 2.00 bits per heavy atom. The molecular formula is C14H14ClN3O. The van der Waals surface area contributed by atoms with Crippen molar-refractivity contribution in [1.29, 1.82) is 5.41 Å². The summed E-state index contributed by atoms with van der Waals surface area (Å²) in [5, 5.41) is 8.11. The van der Waals surface area contributed by atoms with Crippen LogP contribution in [0.2, 0.25) is 5.02 Å². The van der Waals surface area contributed by atoms with Gasteiger partial charge in [-0.05, 0) is 43.7 Å². The monoisotopic (exact) mass is 275 g/mol. The largest absolute Gasteiger partial charge is 0.439 e. The van der Waals surface area contributed by atoms with Crippen molar-refractivity contribution in [3.05, 3.63) is 52.2 Å². The Morgan fingerprint density at radius 3 is 2.63 bits per heavy atom. The highest BCUT2D eigenvalue weighted by Gasteiger charge is 2.07. The summed E-state index contributed by atoms with van der Waals surface area (Å²) in [6.07, 6.45) is 0. The number of hydrogen-bond acceptors (Lipinski definition) is 3. The lowest BCUT2D eigenvalue weighted by Crippen LogP contribution is -2.11. The van der Waals surface area contributed by atoms with Crippen LogP contribution >= 0.6 is 11.6 Å².